The van der Waals surface area contributed by atoms with Crippen molar-refractivity contribution in [1.82, 2.24) is 10.6 Å². The third-order valence-corrected chi connectivity index (χ3v) is 5.33. The zero-order chi connectivity index (χ0) is 25.7. The molecular formula is C25H42N4O6. The molecule has 2 atom stereocenters. The van der Waals surface area contributed by atoms with Crippen LogP contribution in [0.2, 0.25) is 0 Å². The SMILES string of the molecule is CN[C@@H](CCCCNC(=O)c1cccc(CO/N=C/CCCCOCC(COC)OC)c1)C(N)=O. The maximum atomic E-state index is 12.4. The Kier molecular flexibility index (Phi) is 17.2. The third-order valence-electron chi connectivity index (χ3n) is 5.33. The third kappa shape index (κ3) is 14.5. The molecule has 0 aliphatic carbocycles. The number of amides is 2. The van der Waals surface area contributed by atoms with Crippen molar-refractivity contribution in [3.8, 4) is 0 Å². The fourth-order valence-corrected chi connectivity index (χ4v) is 3.25. The van der Waals surface area contributed by atoms with Gasteiger partial charge in [-0.25, -0.2) is 0 Å². The van der Waals surface area contributed by atoms with Gasteiger partial charge in [0.1, 0.15) is 12.7 Å². The van der Waals surface area contributed by atoms with Gasteiger partial charge in [0.2, 0.25) is 5.91 Å². The van der Waals surface area contributed by atoms with Gasteiger partial charge in [0.15, 0.2) is 0 Å². The van der Waals surface area contributed by atoms with Gasteiger partial charge in [0, 0.05) is 39.1 Å². The van der Waals surface area contributed by atoms with Crippen LogP contribution in [0, 0.1) is 0 Å². The van der Waals surface area contributed by atoms with Crippen molar-refractivity contribution < 1.29 is 28.6 Å². The van der Waals surface area contributed by atoms with E-state index in [1.165, 1.54) is 0 Å². The second-order valence-corrected chi connectivity index (χ2v) is 8.14. The van der Waals surface area contributed by atoms with Gasteiger partial charge in [-0.1, -0.05) is 17.3 Å². The fraction of sp³-hybridized carbons (Fsp3) is 0.640. The molecule has 0 radical (unpaired) electrons. The second kappa shape index (κ2) is 19.7. The number of unbranched alkanes of at least 4 members (excludes halogenated alkanes) is 3. The summed E-state index contributed by atoms with van der Waals surface area (Å²) >= 11 is 0. The van der Waals surface area contributed by atoms with Gasteiger partial charge in [0.05, 0.1) is 19.3 Å². The van der Waals surface area contributed by atoms with Crippen LogP contribution in [0.15, 0.2) is 29.4 Å². The van der Waals surface area contributed by atoms with E-state index in [4.69, 9.17) is 24.8 Å². The molecule has 35 heavy (non-hydrogen) atoms. The molecule has 0 aromatic heterocycles. The van der Waals surface area contributed by atoms with Crippen molar-refractivity contribution in [1.29, 1.82) is 0 Å². The molecular weight excluding hydrogens is 452 g/mol. The number of nitrogens with one attached hydrogen (secondary N) is 2. The number of carbonyl (C=O) groups is 2. The van der Waals surface area contributed by atoms with Gasteiger partial charge < -0.3 is 35.4 Å². The molecule has 10 heteroatoms. The van der Waals surface area contributed by atoms with Crippen LogP contribution in [0.4, 0.5) is 0 Å². The molecule has 0 heterocycles. The van der Waals surface area contributed by atoms with Crippen LogP contribution in [0.1, 0.15) is 54.4 Å². The molecule has 198 valence electrons. The number of nitrogens with two attached hydrogens (primary N) is 1. The summed E-state index contributed by atoms with van der Waals surface area (Å²) in [6.07, 6.45) is 6.58. The molecule has 0 saturated carbocycles. The van der Waals surface area contributed by atoms with E-state index in [1.807, 2.05) is 12.1 Å². The Bertz CT molecular complexity index is 746. The van der Waals surface area contributed by atoms with Crippen LogP contribution in [0.5, 0.6) is 0 Å². The Morgan fingerprint density at radius 1 is 1.14 bits per heavy atom. The van der Waals surface area contributed by atoms with E-state index in [9.17, 15) is 9.59 Å². The van der Waals surface area contributed by atoms with Gasteiger partial charge >= 0.3 is 0 Å². The average Bonchev–Trinajstić information content (AvgIpc) is 2.86. The number of nitrogens with zero attached hydrogens (tertiary/aromatic N) is 1. The lowest BCUT2D eigenvalue weighted by atomic mass is 10.1. The van der Waals surface area contributed by atoms with Crippen molar-refractivity contribution >= 4 is 18.0 Å². The van der Waals surface area contributed by atoms with Crippen molar-refractivity contribution in [2.75, 3.05) is 47.6 Å². The smallest absolute Gasteiger partial charge is 0.251 e. The average molecular weight is 495 g/mol. The van der Waals surface area contributed by atoms with E-state index in [1.54, 1.807) is 39.6 Å². The summed E-state index contributed by atoms with van der Waals surface area (Å²) < 4.78 is 15.9. The standard InChI is InChI=1S/C25H42N4O6/c1-27-23(24(26)30)12-5-7-13-28-25(31)21-11-9-10-20(16-21)17-35-29-14-6-4-8-15-34-19-22(33-3)18-32-2/h9-11,14,16,22-23,27H,4-8,12-13,15,17-19H2,1-3H3,(H2,26,30)(H,28,31)/b29-14+/t22?,23-/m0/s1. The fourth-order valence-electron chi connectivity index (χ4n) is 3.25. The zero-order valence-electron chi connectivity index (χ0n) is 21.3. The van der Waals surface area contributed by atoms with E-state index in [-0.39, 0.29) is 30.6 Å². The quantitative estimate of drug-likeness (QED) is 0.135. The number of carbonyl (C=O) groups excluding carboxylic acids is 2. The van der Waals surface area contributed by atoms with Crippen LogP contribution in [-0.2, 0) is 30.4 Å². The Balaban J connectivity index is 2.18. The molecule has 4 N–H and O–H groups in total. The molecule has 1 rings (SSSR count). The minimum Gasteiger partial charge on any atom is -0.391 e. The first kappa shape index (κ1) is 30.5. The van der Waals surface area contributed by atoms with Crippen LogP contribution in [0.3, 0.4) is 0 Å². The Hall–Kier alpha value is -2.53. The minimum absolute atomic E-state index is 0.0366. The molecule has 0 fully saturated rings. The van der Waals surface area contributed by atoms with Crippen LogP contribution < -0.4 is 16.4 Å². The molecule has 0 saturated heterocycles. The Morgan fingerprint density at radius 2 is 1.97 bits per heavy atom. The van der Waals surface area contributed by atoms with Gasteiger partial charge in [-0.05, 0) is 63.3 Å². The maximum Gasteiger partial charge on any atom is 0.251 e. The van der Waals surface area contributed by atoms with E-state index >= 15 is 0 Å². The number of oxime groups is 1. The van der Waals surface area contributed by atoms with E-state index < -0.39 is 0 Å². The van der Waals surface area contributed by atoms with Gasteiger partial charge in [-0.2, -0.15) is 0 Å². The number of methoxy groups -OCH3 is 2. The number of rotatable bonds is 21. The maximum absolute atomic E-state index is 12.4. The first-order valence-corrected chi connectivity index (χ1v) is 12.1. The van der Waals surface area contributed by atoms with Crippen molar-refractivity contribution in [3.05, 3.63) is 35.4 Å². The molecule has 0 spiro atoms. The molecule has 0 bridgehead atoms. The van der Waals surface area contributed by atoms with Gasteiger partial charge in [0.25, 0.3) is 5.91 Å². The first-order chi connectivity index (χ1) is 17.0. The molecule has 0 aliphatic rings. The Morgan fingerprint density at radius 3 is 2.69 bits per heavy atom. The zero-order valence-corrected chi connectivity index (χ0v) is 21.3. The number of ether oxygens (including phenoxy) is 3. The molecule has 10 nitrogen and oxygen atoms in total. The summed E-state index contributed by atoms with van der Waals surface area (Å²) in [6, 6.07) is 6.94. The van der Waals surface area contributed by atoms with Gasteiger partial charge in [-0.15, -0.1) is 0 Å². The van der Waals surface area contributed by atoms with E-state index in [0.717, 1.165) is 37.7 Å². The predicted molar refractivity (Wildman–Crippen MR) is 135 cm³/mol. The van der Waals surface area contributed by atoms with E-state index in [2.05, 4.69) is 15.8 Å². The molecule has 1 aromatic rings. The topological polar surface area (TPSA) is 134 Å². The summed E-state index contributed by atoms with van der Waals surface area (Å²) in [4.78, 5) is 28.9. The van der Waals surface area contributed by atoms with Crippen molar-refractivity contribution in [2.24, 2.45) is 10.9 Å². The van der Waals surface area contributed by atoms with Gasteiger partial charge in [-0.3, -0.25) is 9.59 Å². The summed E-state index contributed by atoms with van der Waals surface area (Å²) in [5, 5.41) is 9.77. The molecule has 2 amide bonds. The predicted octanol–water partition coefficient (Wildman–Crippen LogP) is 2.01. The summed E-state index contributed by atoms with van der Waals surface area (Å²) in [5.74, 6) is -0.503. The first-order valence-electron chi connectivity index (χ1n) is 12.1. The second-order valence-electron chi connectivity index (χ2n) is 8.14. The van der Waals surface area contributed by atoms with Crippen LogP contribution in [-0.4, -0.2) is 77.8 Å². The van der Waals surface area contributed by atoms with Crippen LogP contribution in [0.25, 0.3) is 0 Å². The van der Waals surface area contributed by atoms with Crippen LogP contribution >= 0.6 is 0 Å². The lowest BCUT2D eigenvalue weighted by Crippen LogP contribution is -2.39. The van der Waals surface area contributed by atoms with E-state index in [0.29, 0.717) is 38.3 Å². The Labute approximate surface area is 208 Å². The summed E-state index contributed by atoms with van der Waals surface area (Å²) in [7, 11) is 4.99. The number of hydrogen-bond acceptors (Lipinski definition) is 8. The lowest BCUT2D eigenvalue weighted by molar-refractivity contribution is -0.120. The lowest BCUT2D eigenvalue weighted by Gasteiger charge is -2.14. The highest BCUT2D eigenvalue weighted by molar-refractivity contribution is 5.94. The summed E-state index contributed by atoms with van der Waals surface area (Å²) in [6.45, 7) is 2.52. The number of benzene rings is 1. The normalized spacial score (nSPS) is 13.0. The highest BCUT2D eigenvalue weighted by Crippen LogP contribution is 2.08. The minimum atomic E-state index is -0.361. The molecule has 1 unspecified atom stereocenters. The highest BCUT2D eigenvalue weighted by Gasteiger charge is 2.12. The monoisotopic (exact) mass is 494 g/mol. The van der Waals surface area contributed by atoms with Crippen molar-refractivity contribution in [3.63, 3.8) is 0 Å². The van der Waals surface area contributed by atoms with Crippen molar-refractivity contribution in [2.45, 2.75) is 57.3 Å². The highest BCUT2D eigenvalue weighted by atomic mass is 16.6. The number of hydrogen-bond donors (Lipinski definition) is 3. The number of likely N-dealkylation sites (N-methyl/N-ethyl adjacent to an activating group) is 1. The number of primary amides is 1. The largest absolute Gasteiger partial charge is 0.391 e. The summed E-state index contributed by atoms with van der Waals surface area (Å²) in [5.41, 5.74) is 6.74. The molecule has 1 aromatic carbocycles. The molecule has 0 aliphatic heterocycles.